The summed E-state index contributed by atoms with van der Waals surface area (Å²) in [5.41, 5.74) is 4.56. The molecule has 0 unspecified atom stereocenters. The smallest absolute Gasteiger partial charge is 0.119 e. The van der Waals surface area contributed by atoms with Gasteiger partial charge in [-0.15, -0.1) is 0 Å². The highest BCUT2D eigenvalue weighted by Gasteiger charge is 2.05. The summed E-state index contributed by atoms with van der Waals surface area (Å²) in [7, 11) is 0. The molecule has 1 heteroatoms. The SMILES string of the molecule is Cc1cc(O)c(C)c(Cc2ccccc2)c1. The summed E-state index contributed by atoms with van der Waals surface area (Å²) in [4.78, 5) is 0. The number of phenolic OH excluding ortho intramolecular Hbond substituents is 1. The minimum absolute atomic E-state index is 0.394. The van der Waals surface area contributed by atoms with Crippen molar-refractivity contribution in [2.45, 2.75) is 20.3 Å². The Morgan fingerprint density at radius 2 is 1.69 bits per heavy atom. The molecule has 0 atom stereocenters. The molecule has 82 valence electrons. The molecule has 0 radical (unpaired) electrons. The van der Waals surface area contributed by atoms with Crippen molar-refractivity contribution in [3.8, 4) is 5.75 Å². The number of aromatic hydroxyl groups is 1. The average molecular weight is 212 g/mol. The van der Waals surface area contributed by atoms with Gasteiger partial charge in [-0.05, 0) is 48.6 Å². The molecule has 2 aromatic rings. The highest BCUT2D eigenvalue weighted by molar-refractivity contribution is 5.43. The molecule has 0 aromatic heterocycles. The van der Waals surface area contributed by atoms with E-state index in [1.807, 2.05) is 38.1 Å². The lowest BCUT2D eigenvalue weighted by Gasteiger charge is -2.09. The molecule has 2 aromatic carbocycles. The molecule has 0 aliphatic rings. The summed E-state index contributed by atoms with van der Waals surface area (Å²) in [6.07, 6.45) is 0.877. The molecule has 0 aliphatic carbocycles. The molecular formula is C15H16O. The van der Waals surface area contributed by atoms with Crippen LogP contribution < -0.4 is 0 Å². The van der Waals surface area contributed by atoms with Crippen LogP contribution in [0.15, 0.2) is 42.5 Å². The van der Waals surface area contributed by atoms with Crippen molar-refractivity contribution in [3.63, 3.8) is 0 Å². The molecule has 1 N–H and O–H groups in total. The number of rotatable bonds is 2. The van der Waals surface area contributed by atoms with E-state index in [-0.39, 0.29) is 0 Å². The first-order valence-electron chi connectivity index (χ1n) is 5.50. The summed E-state index contributed by atoms with van der Waals surface area (Å²) in [5, 5.41) is 9.76. The number of phenols is 1. The Kier molecular flexibility index (Phi) is 2.95. The third kappa shape index (κ3) is 2.25. The zero-order valence-electron chi connectivity index (χ0n) is 9.70. The first-order valence-corrected chi connectivity index (χ1v) is 5.50. The van der Waals surface area contributed by atoms with E-state index in [4.69, 9.17) is 0 Å². The van der Waals surface area contributed by atoms with Gasteiger partial charge in [0.05, 0.1) is 0 Å². The van der Waals surface area contributed by atoms with Gasteiger partial charge in [-0.25, -0.2) is 0 Å². The van der Waals surface area contributed by atoms with Crippen molar-refractivity contribution < 1.29 is 5.11 Å². The molecular weight excluding hydrogens is 196 g/mol. The van der Waals surface area contributed by atoms with Crippen molar-refractivity contribution in [3.05, 3.63) is 64.7 Å². The van der Waals surface area contributed by atoms with Gasteiger partial charge in [0.1, 0.15) is 5.75 Å². The number of hydrogen-bond acceptors (Lipinski definition) is 1. The van der Waals surface area contributed by atoms with Crippen LogP contribution in [0.5, 0.6) is 5.75 Å². The standard InChI is InChI=1S/C15H16O/c1-11-8-14(12(2)15(16)9-11)10-13-6-4-3-5-7-13/h3-9,16H,10H2,1-2H3. The van der Waals surface area contributed by atoms with Crippen LogP contribution in [0.4, 0.5) is 0 Å². The van der Waals surface area contributed by atoms with Gasteiger partial charge >= 0.3 is 0 Å². The summed E-state index contributed by atoms with van der Waals surface area (Å²) in [6, 6.07) is 14.3. The monoisotopic (exact) mass is 212 g/mol. The van der Waals surface area contributed by atoms with Crippen LogP contribution in [0.1, 0.15) is 22.3 Å². The highest BCUT2D eigenvalue weighted by Crippen LogP contribution is 2.24. The maximum absolute atomic E-state index is 9.76. The van der Waals surface area contributed by atoms with Crippen LogP contribution in [0.2, 0.25) is 0 Å². The van der Waals surface area contributed by atoms with Crippen LogP contribution in [-0.2, 0) is 6.42 Å². The molecule has 0 spiro atoms. The highest BCUT2D eigenvalue weighted by atomic mass is 16.3. The second-order valence-electron chi connectivity index (χ2n) is 4.23. The zero-order valence-corrected chi connectivity index (χ0v) is 9.70. The van der Waals surface area contributed by atoms with Gasteiger partial charge in [-0.1, -0.05) is 36.4 Å². The summed E-state index contributed by atoms with van der Waals surface area (Å²) < 4.78 is 0. The molecule has 1 nitrogen and oxygen atoms in total. The largest absolute Gasteiger partial charge is 0.508 e. The average Bonchev–Trinajstić information content (AvgIpc) is 2.27. The van der Waals surface area contributed by atoms with Crippen LogP contribution in [-0.4, -0.2) is 5.11 Å². The van der Waals surface area contributed by atoms with E-state index in [1.54, 1.807) is 0 Å². The van der Waals surface area contributed by atoms with Gasteiger partial charge in [0, 0.05) is 0 Å². The Hall–Kier alpha value is -1.76. The van der Waals surface area contributed by atoms with E-state index in [9.17, 15) is 5.11 Å². The predicted molar refractivity (Wildman–Crippen MR) is 66.8 cm³/mol. The summed E-state index contributed by atoms with van der Waals surface area (Å²) >= 11 is 0. The van der Waals surface area contributed by atoms with Gasteiger partial charge in [0.2, 0.25) is 0 Å². The van der Waals surface area contributed by atoms with Crippen LogP contribution in [0, 0.1) is 13.8 Å². The quantitative estimate of drug-likeness (QED) is 0.806. The van der Waals surface area contributed by atoms with E-state index in [1.165, 1.54) is 11.1 Å². The van der Waals surface area contributed by atoms with E-state index in [0.717, 1.165) is 17.5 Å². The predicted octanol–water partition coefficient (Wildman–Crippen LogP) is 3.60. The molecule has 0 aliphatic heterocycles. The fourth-order valence-electron chi connectivity index (χ4n) is 1.91. The Morgan fingerprint density at radius 3 is 2.38 bits per heavy atom. The third-order valence-corrected chi connectivity index (χ3v) is 2.87. The molecule has 2 rings (SSSR count). The molecule has 0 saturated heterocycles. The second kappa shape index (κ2) is 4.40. The van der Waals surface area contributed by atoms with Gasteiger partial charge in [-0.3, -0.25) is 0 Å². The van der Waals surface area contributed by atoms with Gasteiger partial charge in [-0.2, -0.15) is 0 Å². The van der Waals surface area contributed by atoms with Gasteiger partial charge in [0.15, 0.2) is 0 Å². The van der Waals surface area contributed by atoms with E-state index in [0.29, 0.717) is 5.75 Å². The summed E-state index contributed by atoms with van der Waals surface area (Å²) in [5.74, 6) is 0.394. The Balaban J connectivity index is 2.35. The molecule has 0 amide bonds. The first kappa shape index (κ1) is 10.7. The van der Waals surface area contributed by atoms with Gasteiger partial charge < -0.3 is 5.11 Å². The van der Waals surface area contributed by atoms with E-state index in [2.05, 4.69) is 18.2 Å². The summed E-state index contributed by atoms with van der Waals surface area (Å²) in [6.45, 7) is 3.97. The third-order valence-electron chi connectivity index (χ3n) is 2.87. The van der Waals surface area contributed by atoms with Crippen LogP contribution in [0.25, 0.3) is 0 Å². The van der Waals surface area contributed by atoms with Gasteiger partial charge in [0.25, 0.3) is 0 Å². The molecule has 0 fully saturated rings. The fraction of sp³-hybridized carbons (Fsp3) is 0.200. The first-order chi connectivity index (χ1) is 7.66. The molecule has 0 heterocycles. The maximum atomic E-state index is 9.76. The van der Waals surface area contributed by atoms with Crippen molar-refractivity contribution in [1.82, 2.24) is 0 Å². The number of benzene rings is 2. The van der Waals surface area contributed by atoms with Crippen molar-refractivity contribution in [2.24, 2.45) is 0 Å². The van der Waals surface area contributed by atoms with Crippen molar-refractivity contribution in [2.75, 3.05) is 0 Å². The lowest BCUT2D eigenvalue weighted by molar-refractivity contribution is 0.470. The van der Waals surface area contributed by atoms with Crippen molar-refractivity contribution >= 4 is 0 Å². The number of hydrogen-bond donors (Lipinski definition) is 1. The zero-order chi connectivity index (χ0) is 11.5. The fourth-order valence-corrected chi connectivity index (χ4v) is 1.91. The minimum Gasteiger partial charge on any atom is -0.508 e. The lowest BCUT2D eigenvalue weighted by Crippen LogP contribution is -1.93. The lowest BCUT2D eigenvalue weighted by atomic mass is 9.98. The Morgan fingerprint density at radius 1 is 1.00 bits per heavy atom. The van der Waals surface area contributed by atoms with Crippen LogP contribution >= 0.6 is 0 Å². The normalized spacial score (nSPS) is 10.4. The molecule has 0 bridgehead atoms. The minimum atomic E-state index is 0.394. The Bertz CT molecular complexity index is 486. The van der Waals surface area contributed by atoms with E-state index >= 15 is 0 Å². The second-order valence-corrected chi connectivity index (χ2v) is 4.23. The molecule has 0 saturated carbocycles. The number of aryl methyl sites for hydroxylation is 1. The Labute approximate surface area is 96.4 Å². The molecule has 16 heavy (non-hydrogen) atoms. The topological polar surface area (TPSA) is 20.2 Å². The maximum Gasteiger partial charge on any atom is 0.119 e. The van der Waals surface area contributed by atoms with Crippen molar-refractivity contribution in [1.29, 1.82) is 0 Å². The van der Waals surface area contributed by atoms with Crippen LogP contribution in [0.3, 0.4) is 0 Å². The van der Waals surface area contributed by atoms with E-state index < -0.39 is 0 Å².